The number of nitrogens with one attached hydrogen (secondary N) is 1. The van der Waals surface area contributed by atoms with Crippen LogP contribution in [0, 0.1) is 5.92 Å². The highest BCUT2D eigenvalue weighted by atomic mass is 35.5. The fourth-order valence-electron chi connectivity index (χ4n) is 3.75. The molecule has 2 aliphatic heterocycles. The first-order valence-electron chi connectivity index (χ1n) is 9.74. The third-order valence-corrected chi connectivity index (χ3v) is 5.75. The molecule has 0 spiro atoms. The molecular formula is C22H21Cl2N3O3. The number of halogens is 2. The largest absolute Gasteiger partial charge is 0.451 e. The maximum Gasteiger partial charge on any atom is 0.290 e. The van der Waals surface area contributed by atoms with Crippen LogP contribution >= 0.6 is 23.2 Å². The second kappa shape index (κ2) is 8.28. The van der Waals surface area contributed by atoms with Gasteiger partial charge in [0.05, 0.1) is 5.02 Å². The molecule has 1 aromatic heterocycles. The summed E-state index contributed by atoms with van der Waals surface area (Å²) in [5, 5.41) is 3.88. The molecular weight excluding hydrogens is 425 g/mol. The van der Waals surface area contributed by atoms with Gasteiger partial charge in [0.15, 0.2) is 5.76 Å². The zero-order valence-corrected chi connectivity index (χ0v) is 18.1. The first-order valence-corrected chi connectivity index (χ1v) is 10.5. The van der Waals surface area contributed by atoms with Crippen LogP contribution in [-0.2, 0) is 16.0 Å². The molecule has 0 unspecified atom stereocenters. The third kappa shape index (κ3) is 4.02. The summed E-state index contributed by atoms with van der Waals surface area (Å²) in [6.07, 6.45) is 2.51. The van der Waals surface area contributed by atoms with Gasteiger partial charge in [0.2, 0.25) is 5.91 Å². The molecule has 156 valence electrons. The standard InChI is InChI=1S/C22H21Cl2N3O3/c1-12(2)8-17(21(28)26-19-7-6-14(23)10-25-19)27-11-13-9-15-16(24)4-3-5-18(15)30-20(13)22(27)29/h3-7,10,12,17H,8-9,11H2,1-2H3,(H,25,26,28)/t17-/m0/s1. The highest BCUT2D eigenvalue weighted by Gasteiger charge is 2.42. The van der Waals surface area contributed by atoms with Crippen molar-refractivity contribution in [2.24, 2.45) is 5.92 Å². The van der Waals surface area contributed by atoms with Gasteiger partial charge in [-0.1, -0.05) is 43.1 Å². The summed E-state index contributed by atoms with van der Waals surface area (Å²) in [7, 11) is 0. The highest BCUT2D eigenvalue weighted by Crippen LogP contribution is 2.39. The normalized spacial score (nSPS) is 16.3. The van der Waals surface area contributed by atoms with Crippen LogP contribution in [0.2, 0.25) is 10.0 Å². The van der Waals surface area contributed by atoms with E-state index in [1.807, 2.05) is 13.8 Å². The summed E-state index contributed by atoms with van der Waals surface area (Å²) in [6.45, 7) is 4.36. The third-order valence-electron chi connectivity index (χ3n) is 5.17. The molecule has 30 heavy (non-hydrogen) atoms. The molecule has 0 fully saturated rings. The average molecular weight is 446 g/mol. The Labute approximate surface area is 184 Å². The number of benzene rings is 1. The number of carbonyl (C=O) groups is 2. The molecule has 0 aliphatic carbocycles. The lowest BCUT2D eigenvalue weighted by molar-refractivity contribution is -0.135. The number of ether oxygens (including phenoxy) is 1. The van der Waals surface area contributed by atoms with Crippen molar-refractivity contribution in [2.75, 3.05) is 11.9 Å². The Morgan fingerprint density at radius 1 is 1.27 bits per heavy atom. The summed E-state index contributed by atoms with van der Waals surface area (Å²) in [6, 6.07) is 8.02. The quantitative estimate of drug-likeness (QED) is 0.736. The minimum absolute atomic E-state index is 0.205. The molecule has 1 atom stereocenters. The molecule has 6 nitrogen and oxygen atoms in total. The van der Waals surface area contributed by atoms with E-state index in [4.69, 9.17) is 27.9 Å². The van der Waals surface area contributed by atoms with Crippen molar-refractivity contribution in [3.05, 3.63) is 63.5 Å². The van der Waals surface area contributed by atoms with Gasteiger partial charge >= 0.3 is 0 Å². The number of hydrogen-bond acceptors (Lipinski definition) is 4. The van der Waals surface area contributed by atoms with Gasteiger partial charge in [-0.2, -0.15) is 0 Å². The summed E-state index contributed by atoms with van der Waals surface area (Å²) < 4.78 is 5.89. The van der Waals surface area contributed by atoms with Gasteiger partial charge in [0.25, 0.3) is 5.91 Å². The van der Waals surface area contributed by atoms with E-state index >= 15 is 0 Å². The lowest BCUT2D eigenvalue weighted by Crippen LogP contribution is -2.46. The van der Waals surface area contributed by atoms with Crippen LogP contribution in [0.4, 0.5) is 5.82 Å². The van der Waals surface area contributed by atoms with E-state index in [0.717, 1.165) is 11.1 Å². The van der Waals surface area contributed by atoms with Gasteiger partial charge in [-0.15, -0.1) is 0 Å². The Morgan fingerprint density at radius 2 is 2.07 bits per heavy atom. The summed E-state index contributed by atoms with van der Waals surface area (Å²) >= 11 is 12.2. The molecule has 2 amide bonds. The molecule has 0 bridgehead atoms. The van der Waals surface area contributed by atoms with Crippen molar-refractivity contribution in [3.63, 3.8) is 0 Å². The zero-order valence-electron chi connectivity index (χ0n) is 16.6. The molecule has 8 heteroatoms. The van der Waals surface area contributed by atoms with Crippen molar-refractivity contribution >= 4 is 40.8 Å². The molecule has 2 aliphatic rings. The second-order valence-electron chi connectivity index (χ2n) is 7.86. The second-order valence-corrected chi connectivity index (χ2v) is 8.70. The van der Waals surface area contributed by atoms with Crippen molar-refractivity contribution in [2.45, 2.75) is 32.7 Å². The number of carbonyl (C=O) groups excluding carboxylic acids is 2. The Kier molecular flexibility index (Phi) is 5.71. The lowest BCUT2D eigenvalue weighted by Gasteiger charge is -2.28. The first-order chi connectivity index (χ1) is 14.3. The number of rotatable bonds is 5. The monoisotopic (exact) mass is 445 g/mol. The molecule has 1 N–H and O–H groups in total. The molecule has 2 aromatic rings. The van der Waals surface area contributed by atoms with E-state index in [0.29, 0.717) is 46.8 Å². The zero-order chi connectivity index (χ0) is 21.4. The Hall–Kier alpha value is -2.57. The van der Waals surface area contributed by atoms with Crippen molar-refractivity contribution < 1.29 is 14.3 Å². The van der Waals surface area contributed by atoms with Gasteiger partial charge in [0, 0.05) is 35.3 Å². The number of aromatic nitrogens is 1. The molecule has 1 aromatic carbocycles. The number of hydrogen-bond donors (Lipinski definition) is 1. The number of nitrogens with zero attached hydrogens (tertiary/aromatic N) is 2. The van der Waals surface area contributed by atoms with E-state index in [-0.39, 0.29) is 17.7 Å². The first kappa shape index (κ1) is 20.7. The van der Waals surface area contributed by atoms with Crippen LogP contribution in [0.25, 0.3) is 0 Å². The van der Waals surface area contributed by atoms with E-state index in [9.17, 15) is 9.59 Å². The SMILES string of the molecule is CC(C)C[C@@H](C(=O)Nc1ccc(Cl)cn1)N1CC2=C(Oc3cccc(Cl)c3C2)C1=O. The predicted molar refractivity (Wildman–Crippen MR) is 116 cm³/mol. The Balaban J connectivity index is 1.56. The van der Waals surface area contributed by atoms with Crippen LogP contribution in [0.3, 0.4) is 0 Å². The minimum atomic E-state index is -0.650. The van der Waals surface area contributed by atoms with Crippen molar-refractivity contribution in [1.29, 1.82) is 0 Å². The summed E-state index contributed by atoms with van der Waals surface area (Å²) in [4.78, 5) is 31.9. The molecule has 0 radical (unpaired) electrons. The van der Waals surface area contributed by atoms with Gasteiger partial charge in [-0.25, -0.2) is 4.98 Å². The maximum absolute atomic E-state index is 13.2. The van der Waals surface area contributed by atoms with Crippen LogP contribution in [0.5, 0.6) is 5.75 Å². The number of fused-ring (bicyclic) bond motifs is 1. The van der Waals surface area contributed by atoms with Crippen molar-refractivity contribution in [3.8, 4) is 5.75 Å². The molecule has 0 saturated carbocycles. The fourth-order valence-corrected chi connectivity index (χ4v) is 4.09. The Morgan fingerprint density at radius 3 is 2.77 bits per heavy atom. The fraction of sp³-hybridized carbons (Fsp3) is 0.318. The molecule has 4 rings (SSSR count). The van der Waals surface area contributed by atoms with E-state index in [2.05, 4.69) is 10.3 Å². The lowest BCUT2D eigenvalue weighted by atomic mass is 10.0. The van der Waals surface area contributed by atoms with Crippen LogP contribution < -0.4 is 10.1 Å². The topological polar surface area (TPSA) is 71.5 Å². The van der Waals surface area contributed by atoms with Gasteiger partial charge in [0.1, 0.15) is 17.6 Å². The summed E-state index contributed by atoms with van der Waals surface area (Å²) in [5.41, 5.74) is 1.70. The number of amides is 2. The van der Waals surface area contributed by atoms with Gasteiger partial charge < -0.3 is 15.0 Å². The average Bonchev–Trinajstić information content (AvgIpc) is 3.02. The van der Waals surface area contributed by atoms with Gasteiger partial charge in [-0.3, -0.25) is 9.59 Å². The minimum Gasteiger partial charge on any atom is -0.451 e. The number of anilines is 1. The van der Waals surface area contributed by atoms with E-state index in [1.54, 1.807) is 35.2 Å². The Bertz CT molecular complexity index is 1030. The van der Waals surface area contributed by atoms with Gasteiger partial charge in [-0.05, 0) is 36.6 Å². The predicted octanol–water partition coefficient (Wildman–Crippen LogP) is 4.47. The smallest absolute Gasteiger partial charge is 0.290 e. The highest BCUT2D eigenvalue weighted by molar-refractivity contribution is 6.31. The number of pyridine rings is 1. The van der Waals surface area contributed by atoms with Crippen LogP contribution in [0.15, 0.2) is 47.9 Å². The summed E-state index contributed by atoms with van der Waals surface area (Å²) in [5.74, 6) is 0.917. The molecule has 3 heterocycles. The van der Waals surface area contributed by atoms with E-state index < -0.39 is 6.04 Å². The maximum atomic E-state index is 13.2. The van der Waals surface area contributed by atoms with Crippen LogP contribution in [-0.4, -0.2) is 34.3 Å². The van der Waals surface area contributed by atoms with Crippen molar-refractivity contribution in [1.82, 2.24) is 9.88 Å². The van der Waals surface area contributed by atoms with E-state index in [1.165, 1.54) is 6.20 Å². The van der Waals surface area contributed by atoms with Crippen LogP contribution in [0.1, 0.15) is 25.8 Å². The molecule has 0 saturated heterocycles.